The number of carbonyl (C=O) groups is 3. The van der Waals surface area contributed by atoms with Gasteiger partial charge in [0.2, 0.25) is 5.91 Å². The third-order valence-electron chi connectivity index (χ3n) is 2.39. The first kappa shape index (κ1) is 12.4. The number of methoxy groups -OCH3 is 1. The molecule has 1 amide bonds. The van der Waals surface area contributed by atoms with Gasteiger partial charge in [0.1, 0.15) is 0 Å². The van der Waals surface area contributed by atoms with E-state index in [1.54, 1.807) is 0 Å². The first-order chi connectivity index (χ1) is 7.47. The Labute approximate surface area is 91.4 Å². The molecule has 1 rings (SSSR count). The molecule has 0 heterocycles. The molecule has 0 aromatic heterocycles. The van der Waals surface area contributed by atoms with E-state index >= 15 is 0 Å². The molecule has 1 aliphatic carbocycles. The van der Waals surface area contributed by atoms with Crippen LogP contribution in [0.2, 0.25) is 0 Å². The first-order valence-corrected chi connectivity index (χ1v) is 4.73. The molecule has 3 unspecified atom stereocenters. The molecule has 3 N–H and O–H groups in total. The zero-order chi connectivity index (χ0) is 12.3. The second kappa shape index (κ2) is 4.93. The lowest BCUT2D eigenvalue weighted by atomic mass is 10.3. The normalized spacial score (nSPS) is 24.4. The van der Waals surface area contributed by atoms with Crippen molar-refractivity contribution < 1.29 is 29.3 Å². The van der Waals surface area contributed by atoms with Gasteiger partial charge in [0.05, 0.1) is 25.5 Å². The lowest BCUT2D eigenvalue weighted by Crippen LogP contribution is -2.38. The predicted octanol–water partition coefficient (Wildman–Crippen LogP) is -1.64. The maximum absolute atomic E-state index is 11.3. The molecule has 1 saturated carbocycles. The molecule has 0 aromatic rings. The molecular weight excluding hydrogens is 218 g/mol. The number of rotatable bonds is 5. The van der Waals surface area contributed by atoms with Gasteiger partial charge in [0.25, 0.3) is 0 Å². The van der Waals surface area contributed by atoms with Gasteiger partial charge in [-0.3, -0.25) is 9.59 Å². The second-order valence-electron chi connectivity index (χ2n) is 3.57. The van der Waals surface area contributed by atoms with Crippen LogP contribution in [0.25, 0.3) is 0 Å². The lowest BCUT2D eigenvalue weighted by molar-refractivity contribution is -0.150. The van der Waals surface area contributed by atoms with E-state index < -0.39 is 35.8 Å². The van der Waals surface area contributed by atoms with Gasteiger partial charge < -0.3 is 20.3 Å². The Hall–Kier alpha value is -1.63. The summed E-state index contributed by atoms with van der Waals surface area (Å²) in [5, 5.41) is 20.0. The highest BCUT2D eigenvalue weighted by Gasteiger charge is 2.48. The highest BCUT2D eigenvalue weighted by Crippen LogP contribution is 2.38. The Morgan fingerprint density at radius 2 is 2.06 bits per heavy atom. The monoisotopic (exact) mass is 231 g/mol. The molecular formula is C9H13NO6. The van der Waals surface area contributed by atoms with E-state index in [1.165, 1.54) is 0 Å². The highest BCUT2D eigenvalue weighted by atomic mass is 16.5. The van der Waals surface area contributed by atoms with Crippen LogP contribution >= 0.6 is 0 Å². The van der Waals surface area contributed by atoms with Crippen LogP contribution in [0, 0.1) is 11.8 Å². The fourth-order valence-corrected chi connectivity index (χ4v) is 1.31. The maximum atomic E-state index is 11.3. The molecule has 0 radical (unpaired) electrons. The standard InChI is InChI=1S/C9H13NO6/c1-16-9(15)6(11)3-10-7(12)4-2-5(4)8(13)14/h4-6,11H,2-3H2,1H3,(H,10,12)(H,13,14). The van der Waals surface area contributed by atoms with Gasteiger partial charge in [-0.2, -0.15) is 0 Å². The number of ether oxygens (including phenoxy) is 1. The van der Waals surface area contributed by atoms with Gasteiger partial charge in [-0.25, -0.2) is 4.79 Å². The Kier molecular flexibility index (Phi) is 3.83. The summed E-state index contributed by atoms with van der Waals surface area (Å²) in [5.74, 6) is -3.51. The number of aliphatic hydroxyl groups excluding tert-OH is 1. The Morgan fingerprint density at radius 3 is 2.50 bits per heavy atom. The van der Waals surface area contributed by atoms with Crippen LogP contribution in [-0.4, -0.2) is 47.8 Å². The van der Waals surface area contributed by atoms with Crippen molar-refractivity contribution in [3.63, 3.8) is 0 Å². The molecule has 0 spiro atoms. The van der Waals surface area contributed by atoms with E-state index in [-0.39, 0.29) is 6.54 Å². The van der Waals surface area contributed by atoms with Crippen molar-refractivity contribution in [2.75, 3.05) is 13.7 Å². The van der Waals surface area contributed by atoms with Crippen LogP contribution in [-0.2, 0) is 19.1 Å². The molecule has 0 aromatic carbocycles. The minimum atomic E-state index is -1.42. The van der Waals surface area contributed by atoms with E-state index in [9.17, 15) is 14.4 Å². The van der Waals surface area contributed by atoms with Gasteiger partial charge in [-0.15, -0.1) is 0 Å². The average Bonchev–Trinajstić information content (AvgIpc) is 3.04. The molecule has 0 saturated heterocycles. The average molecular weight is 231 g/mol. The SMILES string of the molecule is COC(=O)C(O)CNC(=O)C1CC1C(=O)O. The van der Waals surface area contributed by atoms with Crippen LogP contribution in [0.5, 0.6) is 0 Å². The largest absolute Gasteiger partial charge is 0.481 e. The van der Waals surface area contributed by atoms with Crippen LogP contribution in [0.4, 0.5) is 0 Å². The van der Waals surface area contributed by atoms with Gasteiger partial charge in [-0.1, -0.05) is 0 Å². The predicted molar refractivity (Wildman–Crippen MR) is 50.3 cm³/mol. The summed E-state index contributed by atoms with van der Waals surface area (Å²) in [6.45, 7) is -0.269. The Balaban J connectivity index is 2.27. The fourth-order valence-electron chi connectivity index (χ4n) is 1.31. The van der Waals surface area contributed by atoms with Crippen molar-refractivity contribution in [2.45, 2.75) is 12.5 Å². The number of carboxylic acids is 1. The minimum Gasteiger partial charge on any atom is -0.481 e. The zero-order valence-electron chi connectivity index (χ0n) is 8.67. The van der Waals surface area contributed by atoms with Crippen molar-refractivity contribution in [1.29, 1.82) is 0 Å². The van der Waals surface area contributed by atoms with Crippen molar-refractivity contribution >= 4 is 17.8 Å². The molecule has 0 bridgehead atoms. The van der Waals surface area contributed by atoms with E-state index in [0.717, 1.165) is 7.11 Å². The molecule has 7 nitrogen and oxygen atoms in total. The molecule has 16 heavy (non-hydrogen) atoms. The summed E-state index contributed by atoms with van der Waals surface area (Å²) in [7, 11) is 1.12. The first-order valence-electron chi connectivity index (χ1n) is 4.73. The number of aliphatic hydroxyl groups is 1. The van der Waals surface area contributed by atoms with Crippen LogP contribution in [0.1, 0.15) is 6.42 Å². The summed E-state index contributed by atoms with van der Waals surface area (Å²) in [5.41, 5.74) is 0. The number of amides is 1. The fraction of sp³-hybridized carbons (Fsp3) is 0.667. The number of esters is 1. The van der Waals surface area contributed by atoms with Gasteiger partial charge >= 0.3 is 11.9 Å². The molecule has 1 aliphatic rings. The zero-order valence-corrected chi connectivity index (χ0v) is 8.67. The topological polar surface area (TPSA) is 113 Å². The molecule has 7 heteroatoms. The van der Waals surface area contributed by atoms with Gasteiger partial charge in [-0.05, 0) is 6.42 Å². The summed E-state index contributed by atoms with van der Waals surface area (Å²) in [6, 6.07) is 0. The van der Waals surface area contributed by atoms with Crippen molar-refractivity contribution in [1.82, 2.24) is 5.32 Å². The van der Waals surface area contributed by atoms with Crippen molar-refractivity contribution in [2.24, 2.45) is 11.8 Å². The minimum absolute atomic E-state index is 0.269. The summed E-state index contributed by atoms with van der Waals surface area (Å²) in [6.07, 6.45) is -1.12. The maximum Gasteiger partial charge on any atom is 0.336 e. The number of aliphatic carboxylic acids is 1. The lowest BCUT2D eigenvalue weighted by Gasteiger charge is -2.09. The van der Waals surface area contributed by atoms with Crippen LogP contribution < -0.4 is 5.32 Å². The smallest absolute Gasteiger partial charge is 0.336 e. The molecule has 3 atom stereocenters. The van der Waals surface area contributed by atoms with E-state index in [2.05, 4.69) is 10.1 Å². The molecule has 90 valence electrons. The van der Waals surface area contributed by atoms with Gasteiger partial charge in [0.15, 0.2) is 6.10 Å². The molecule has 1 fully saturated rings. The molecule has 0 aliphatic heterocycles. The van der Waals surface area contributed by atoms with Crippen LogP contribution in [0.15, 0.2) is 0 Å². The highest BCUT2D eigenvalue weighted by molar-refractivity contribution is 5.89. The van der Waals surface area contributed by atoms with Crippen molar-refractivity contribution in [3.05, 3.63) is 0 Å². The number of hydrogen-bond acceptors (Lipinski definition) is 5. The quantitative estimate of drug-likeness (QED) is 0.489. The van der Waals surface area contributed by atoms with Crippen LogP contribution in [0.3, 0.4) is 0 Å². The Morgan fingerprint density at radius 1 is 1.44 bits per heavy atom. The summed E-state index contributed by atoms with van der Waals surface area (Å²) < 4.78 is 4.25. The van der Waals surface area contributed by atoms with E-state index in [4.69, 9.17) is 10.2 Å². The number of nitrogens with one attached hydrogen (secondary N) is 1. The Bertz CT molecular complexity index is 315. The number of carboxylic acid groups (broad SMARTS) is 1. The second-order valence-corrected chi connectivity index (χ2v) is 3.57. The number of carbonyl (C=O) groups excluding carboxylic acids is 2. The number of hydrogen-bond donors (Lipinski definition) is 3. The summed E-state index contributed by atoms with van der Waals surface area (Å²) >= 11 is 0. The van der Waals surface area contributed by atoms with Gasteiger partial charge in [0, 0.05) is 0 Å². The summed E-state index contributed by atoms with van der Waals surface area (Å²) in [4.78, 5) is 32.5. The third-order valence-corrected chi connectivity index (χ3v) is 2.39. The van der Waals surface area contributed by atoms with E-state index in [0.29, 0.717) is 6.42 Å². The third kappa shape index (κ3) is 2.93. The van der Waals surface area contributed by atoms with Crippen molar-refractivity contribution in [3.8, 4) is 0 Å². The van der Waals surface area contributed by atoms with E-state index in [1.807, 2.05) is 0 Å².